The van der Waals surface area contributed by atoms with Crippen LogP contribution < -0.4 is 5.32 Å². The highest BCUT2D eigenvalue weighted by Gasteiger charge is 2.46. The van der Waals surface area contributed by atoms with E-state index in [0.717, 1.165) is 23.1 Å². The number of amides is 3. The second kappa shape index (κ2) is 8.28. The number of ether oxygens (including phenoxy) is 1. The summed E-state index contributed by atoms with van der Waals surface area (Å²) >= 11 is 0. The van der Waals surface area contributed by atoms with Crippen LogP contribution in [-0.2, 0) is 23.9 Å². The molecule has 2 aliphatic rings. The molecule has 0 aromatic heterocycles. The topological polar surface area (TPSA) is 92.8 Å². The Morgan fingerprint density at radius 1 is 1.07 bits per heavy atom. The Hall–Kier alpha value is -3.10. The van der Waals surface area contributed by atoms with Crippen molar-refractivity contribution < 1.29 is 32.7 Å². The molecule has 1 saturated heterocycles. The summed E-state index contributed by atoms with van der Waals surface area (Å²) in [5.74, 6) is -5.01. The van der Waals surface area contributed by atoms with Gasteiger partial charge in [-0.2, -0.15) is 0 Å². The number of anilines is 1. The third-order valence-corrected chi connectivity index (χ3v) is 4.73. The van der Waals surface area contributed by atoms with Crippen LogP contribution >= 0.6 is 0 Å². The number of para-hydroxylation sites is 1. The average molecular weight is 392 g/mol. The summed E-state index contributed by atoms with van der Waals surface area (Å²) in [6, 6.07) is 3.09. The highest BCUT2D eigenvalue weighted by Crippen LogP contribution is 2.35. The Balaban J connectivity index is 1.45. The van der Waals surface area contributed by atoms with Crippen LogP contribution in [0, 0.1) is 23.5 Å². The van der Waals surface area contributed by atoms with Crippen molar-refractivity contribution in [3.05, 3.63) is 42.0 Å². The zero-order valence-electron chi connectivity index (χ0n) is 14.8. The van der Waals surface area contributed by atoms with Gasteiger partial charge in [-0.1, -0.05) is 18.2 Å². The van der Waals surface area contributed by atoms with E-state index in [0.29, 0.717) is 12.8 Å². The van der Waals surface area contributed by atoms with Crippen molar-refractivity contribution in [1.29, 1.82) is 0 Å². The fraction of sp³-hybridized carbons (Fsp3) is 0.368. The van der Waals surface area contributed by atoms with Gasteiger partial charge in [-0.3, -0.25) is 24.1 Å². The van der Waals surface area contributed by atoms with Gasteiger partial charge in [0, 0.05) is 6.54 Å². The van der Waals surface area contributed by atoms with E-state index in [1.165, 1.54) is 0 Å². The highest BCUT2D eigenvalue weighted by molar-refractivity contribution is 6.05. The van der Waals surface area contributed by atoms with Crippen molar-refractivity contribution in [2.45, 2.75) is 19.3 Å². The lowest BCUT2D eigenvalue weighted by Crippen LogP contribution is -2.33. The number of halogens is 2. The second-order valence-electron chi connectivity index (χ2n) is 6.54. The Morgan fingerprint density at radius 2 is 1.64 bits per heavy atom. The minimum absolute atomic E-state index is 0.132. The molecule has 0 bridgehead atoms. The van der Waals surface area contributed by atoms with E-state index in [1.807, 2.05) is 17.5 Å². The van der Waals surface area contributed by atoms with E-state index in [-0.39, 0.29) is 36.6 Å². The smallest absolute Gasteiger partial charge is 0.308 e. The number of imide groups is 1. The maximum atomic E-state index is 13.5. The van der Waals surface area contributed by atoms with E-state index in [4.69, 9.17) is 4.74 Å². The number of carbonyl (C=O) groups excluding carboxylic acids is 4. The molecular weight excluding hydrogens is 374 g/mol. The number of allylic oxidation sites excluding steroid dienone is 2. The molecule has 1 aromatic rings. The van der Waals surface area contributed by atoms with Crippen LogP contribution in [0.4, 0.5) is 14.5 Å². The van der Waals surface area contributed by atoms with E-state index in [1.54, 1.807) is 0 Å². The molecule has 7 nitrogen and oxygen atoms in total. The number of hydrogen-bond acceptors (Lipinski definition) is 5. The molecule has 1 aliphatic heterocycles. The van der Waals surface area contributed by atoms with Gasteiger partial charge in [0.25, 0.3) is 5.91 Å². The minimum atomic E-state index is -0.957. The third-order valence-electron chi connectivity index (χ3n) is 4.73. The standard InChI is InChI=1S/C19H18F2N2O5/c20-13-6-3-7-14(21)17(13)22-15(24)10-28-16(25)8-9-23-18(26)11-4-1-2-5-12(11)19(23)27/h1-3,6-7,11-12H,4-5,8-10H2,(H,22,24)/t11-,12-/m0/s1. The molecule has 1 aromatic carbocycles. The van der Waals surface area contributed by atoms with Gasteiger partial charge < -0.3 is 10.1 Å². The summed E-state index contributed by atoms with van der Waals surface area (Å²) < 4.78 is 31.7. The summed E-state index contributed by atoms with van der Waals surface area (Å²) in [6.45, 7) is -0.878. The van der Waals surface area contributed by atoms with Crippen LogP contribution in [0.2, 0.25) is 0 Å². The molecule has 0 unspecified atom stereocenters. The molecule has 28 heavy (non-hydrogen) atoms. The number of fused-ring (bicyclic) bond motifs is 1. The number of nitrogens with one attached hydrogen (secondary N) is 1. The summed E-state index contributed by atoms with van der Waals surface area (Å²) in [7, 11) is 0. The van der Waals surface area contributed by atoms with Gasteiger partial charge in [-0.25, -0.2) is 8.78 Å². The monoisotopic (exact) mass is 392 g/mol. The molecular formula is C19H18F2N2O5. The van der Waals surface area contributed by atoms with Crippen LogP contribution in [0.15, 0.2) is 30.4 Å². The average Bonchev–Trinajstić information content (AvgIpc) is 2.92. The first-order valence-electron chi connectivity index (χ1n) is 8.78. The molecule has 2 atom stereocenters. The van der Waals surface area contributed by atoms with Gasteiger partial charge >= 0.3 is 5.97 Å². The lowest BCUT2D eigenvalue weighted by molar-refractivity contribution is -0.148. The molecule has 1 fully saturated rings. The largest absolute Gasteiger partial charge is 0.456 e. The van der Waals surface area contributed by atoms with Crippen LogP contribution in [0.5, 0.6) is 0 Å². The lowest BCUT2D eigenvalue weighted by Gasteiger charge is -2.14. The maximum Gasteiger partial charge on any atom is 0.308 e. The van der Waals surface area contributed by atoms with Gasteiger partial charge in [0.05, 0.1) is 18.3 Å². The number of benzene rings is 1. The SMILES string of the molecule is O=C(COC(=O)CCN1C(=O)[C@H]2CC=CC[C@@H]2C1=O)Nc1c(F)cccc1F. The van der Waals surface area contributed by atoms with Crippen LogP contribution in [0.25, 0.3) is 0 Å². The van der Waals surface area contributed by atoms with E-state index >= 15 is 0 Å². The number of hydrogen-bond donors (Lipinski definition) is 1. The lowest BCUT2D eigenvalue weighted by atomic mass is 9.85. The first kappa shape index (κ1) is 19.7. The van der Waals surface area contributed by atoms with Gasteiger partial charge in [0.2, 0.25) is 11.8 Å². The first-order chi connectivity index (χ1) is 13.4. The second-order valence-corrected chi connectivity index (χ2v) is 6.54. The minimum Gasteiger partial charge on any atom is -0.456 e. The van der Waals surface area contributed by atoms with E-state index < -0.39 is 35.8 Å². The molecule has 1 N–H and O–H groups in total. The van der Waals surface area contributed by atoms with Crippen molar-refractivity contribution in [2.75, 3.05) is 18.5 Å². The Morgan fingerprint density at radius 3 is 2.21 bits per heavy atom. The molecule has 3 rings (SSSR count). The fourth-order valence-corrected chi connectivity index (χ4v) is 3.30. The van der Waals surface area contributed by atoms with Gasteiger partial charge in [-0.15, -0.1) is 0 Å². The zero-order valence-corrected chi connectivity index (χ0v) is 14.8. The van der Waals surface area contributed by atoms with Gasteiger partial charge in [-0.05, 0) is 25.0 Å². The van der Waals surface area contributed by atoms with Crippen molar-refractivity contribution in [1.82, 2.24) is 4.90 Å². The van der Waals surface area contributed by atoms with Gasteiger partial charge in [0.1, 0.15) is 17.3 Å². The Labute approximate surface area is 159 Å². The predicted molar refractivity (Wildman–Crippen MR) is 92.6 cm³/mol. The summed E-state index contributed by atoms with van der Waals surface area (Å²) in [5.41, 5.74) is -0.631. The van der Waals surface area contributed by atoms with Crippen LogP contribution in [-0.4, -0.2) is 41.7 Å². The maximum absolute atomic E-state index is 13.5. The Kier molecular flexibility index (Phi) is 5.81. The summed E-state index contributed by atoms with van der Waals surface area (Å²) in [6.07, 6.45) is 4.46. The van der Waals surface area contributed by atoms with Crippen molar-refractivity contribution in [2.24, 2.45) is 11.8 Å². The number of nitrogens with zero attached hydrogens (tertiary/aromatic N) is 1. The third kappa shape index (κ3) is 4.08. The molecule has 1 aliphatic carbocycles. The molecule has 9 heteroatoms. The van der Waals surface area contributed by atoms with Crippen molar-refractivity contribution in [3.8, 4) is 0 Å². The molecule has 148 valence electrons. The predicted octanol–water partition coefficient (Wildman–Crippen LogP) is 1.79. The first-order valence-corrected chi connectivity index (χ1v) is 8.78. The van der Waals surface area contributed by atoms with Crippen molar-refractivity contribution >= 4 is 29.4 Å². The highest BCUT2D eigenvalue weighted by atomic mass is 19.1. The quantitative estimate of drug-likeness (QED) is 0.453. The van der Waals surface area contributed by atoms with Gasteiger partial charge in [0.15, 0.2) is 6.61 Å². The molecule has 3 amide bonds. The van der Waals surface area contributed by atoms with E-state index in [9.17, 15) is 28.0 Å². The van der Waals surface area contributed by atoms with Crippen LogP contribution in [0.1, 0.15) is 19.3 Å². The summed E-state index contributed by atoms with van der Waals surface area (Å²) in [4.78, 5) is 49.1. The molecule has 0 saturated carbocycles. The van der Waals surface area contributed by atoms with Crippen LogP contribution in [0.3, 0.4) is 0 Å². The number of likely N-dealkylation sites (tertiary alicyclic amines) is 1. The van der Waals surface area contributed by atoms with Crippen molar-refractivity contribution in [3.63, 3.8) is 0 Å². The number of rotatable bonds is 6. The molecule has 1 heterocycles. The Bertz CT molecular complexity index is 808. The zero-order chi connectivity index (χ0) is 20.3. The normalized spacial score (nSPS) is 20.9. The number of carbonyl (C=O) groups is 4. The fourth-order valence-electron chi connectivity index (χ4n) is 3.30. The number of esters is 1. The van der Waals surface area contributed by atoms with E-state index in [2.05, 4.69) is 0 Å². The summed E-state index contributed by atoms with van der Waals surface area (Å²) in [5, 5.41) is 1.99. The molecule has 0 spiro atoms. The molecule has 0 radical (unpaired) electrons.